The van der Waals surface area contributed by atoms with E-state index < -0.39 is 20.0 Å². The van der Waals surface area contributed by atoms with Crippen molar-refractivity contribution in [2.45, 2.75) is 83.3 Å². The molecule has 0 spiro atoms. The number of hydrogen-bond donors (Lipinski definition) is 0. The lowest BCUT2D eigenvalue weighted by molar-refractivity contribution is -0.162. The summed E-state index contributed by atoms with van der Waals surface area (Å²) in [6.07, 6.45) is 1.73. The topological polar surface area (TPSA) is 35.5 Å². The molecule has 0 saturated heterocycles. The fraction of sp³-hybridized carbons (Fsp3) is 0.933. The summed E-state index contributed by atoms with van der Waals surface area (Å²) in [6.45, 7) is 12.7. The molecule has 1 rings (SSSR count). The third-order valence-corrected chi connectivity index (χ3v) is 9.09. The second-order valence-electron chi connectivity index (χ2n) is 7.28. The first-order chi connectivity index (χ1) is 9.02. The second kappa shape index (κ2) is 6.14. The van der Waals surface area contributed by atoms with Gasteiger partial charge in [0.05, 0.1) is 6.61 Å². The first kappa shape index (κ1) is 17.6. The summed E-state index contributed by atoms with van der Waals surface area (Å²) in [7, 11) is -1.93. The Hall–Kier alpha value is -0.423. The van der Waals surface area contributed by atoms with E-state index in [9.17, 15) is 9.18 Å². The molecule has 1 fully saturated rings. The summed E-state index contributed by atoms with van der Waals surface area (Å²) in [5, 5.41) is 0.0906. The maximum Gasteiger partial charge on any atom is 0.343 e. The Kier molecular flexibility index (Phi) is 5.41. The summed E-state index contributed by atoms with van der Waals surface area (Å²) in [4.78, 5) is 11.8. The number of halogens is 1. The molecule has 0 aliphatic heterocycles. The maximum atomic E-state index is 14.7. The van der Waals surface area contributed by atoms with E-state index in [4.69, 9.17) is 9.16 Å². The van der Waals surface area contributed by atoms with E-state index >= 15 is 0 Å². The van der Waals surface area contributed by atoms with Crippen LogP contribution in [0.4, 0.5) is 4.39 Å². The molecule has 0 aromatic carbocycles. The molecular weight excluding hydrogens is 275 g/mol. The molecular formula is C15H29FO3Si. The Morgan fingerprint density at radius 2 is 2.00 bits per heavy atom. The van der Waals surface area contributed by atoms with Gasteiger partial charge in [-0.05, 0) is 44.3 Å². The minimum atomic E-state index is -1.93. The summed E-state index contributed by atoms with van der Waals surface area (Å²) < 4.78 is 25.9. The number of carbonyl (C=O) groups excluding carboxylic acids is 1. The molecule has 1 saturated carbocycles. The number of hydrogen-bond acceptors (Lipinski definition) is 3. The van der Waals surface area contributed by atoms with Gasteiger partial charge in [-0.25, -0.2) is 9.18 Å². The lowest BCUT2D eigenvalue weighted by Crippen LogP contribution is -2.49. The van der Waals surface area contributed by atoms with Crippen LogP contribution in [0.3, 0.4) is 0 Å². The first-order valence-corrected chi connectivity index (χ1v) is 10.5. The fourth-order valence-electron chi connectivity index (χ4n) is 2.31. The first-order valence-electron chi connectivity index (χ1n) is 7.56. The van der Waals surface area contributed by atoms with Crippen molar-refractivity contribution in [2.75, 3.05) is 6.61 Å². The van der Waals surface area contributed by atoms with E-state index in [2.05, 4.69) is 33.9 Å². The lowest BCUT2D eigenvalue weighted by Gasteiger charge is -2.42. The van der Waals surface area contributed by atoms with Gasteiger partial charge in [0.25, 0.3) is 0 Å². The van der Waals surface area contributed by atoms with E-state index in [1.807, 2.05) is 0 Å². The van der Waals surface area contributed by atoms with Gasteiger partial charge < -0.3 is 9.16 Å². The Morgan fingerprint density at radius 1 is 1.40 bits per heavy atom. The molecule has 118 valence electrons. The van der Waals surface area contributed by atoms with E-state index in [-0.39, 0.29) is 30.6 Å². The highest BCUT2D eigenvalue weighted by Gasteiger charge is 2.47. The van der Waals surface area contributed by atoms with Gasteiger partial charge in [-0.15, -0.1) is 0 Å². The number of ether oxygens (including phenoxy) is 1. The van der Waals surface area contributed by atoms with Crippen LogP contribution in [0.15, 0.2) is 0 Å². The van der Waals surface area contributed by atoms with Crippen LogP contribution in [0, 0.1) is 0 Å². The van der Waals surface area contributed by atoms with Crippen LogP contribution in [-0.4, -0.2) is 32.7 Å². The standard InChI is InChI=1S/C15H29FO3Si/c1-7-18-13(17)15(16)10-8-9-12(11-15)19-20(5,6)14(2,3)4/h12H,7-11H2,1-6H3. The summed E-state index contributed by atoms with van der Waals surface area (Å²) in [6, 6.07) is 0. The predicted molar refractivity (Wildman–Crippen MR) is 81.0 cm³/mol. The third-order valence-electron chi connectivity index (χ3n) is 4.56. The molecule has 0 amide bonds. The monoisotopic (exact) mass is 304 g/mol. The van der Waals surface area contributed by atoms with Crippen molar-refractivity contribution < 1.29 is 18.3 Å². The molecule has 5 heteroatoms. The molecule has 0 bridgehead atoms. The van der Waals surface area contributed by atoms with Crippen molar-refractivity contribution in [2.24, 2.45) is 0 Å². The van der Waals surface area contributed by atoms with Crippen LogP contribution in [0.5, 0.6) is 0 Å². The number of carbonyl (C=O) groups is 1. The molecule has 1 aliphatic carbocycles. The van der Waals surface area contributed by atoms with Crippen LogP contribution in [0.2, 0.25) is 18.1 Å². The van der Waals surface area contributed by atoms with Crippen molar-refractivity contribution in [3.05, 3.63) is 0 Å². The van der Waals surface area contributed by atoms with E-state index in [1.165, 1.54) is 0 Å². The largest absolute Gasteiger partial charge is 0.464 e. The van der Waals surface area contributed by atoms with Crippen LogP contribution in [0.1, 0.15) is 53.4 Å². The van der Waals surface area contributed by atoms with Gasteiger partial charge in [0.1, 0.15) is 0 Å². The predicted octanol–water partition coefficient (Wildman–Crippen LogP) is 4.22. The van der Waals surface area contributed by atoms with Gasteiger partial charge in [0.15, 0.2) is 8.32 Å². The van der Waals surface area contributed by atoms with Gasteiger partial charge in [-0.1, -0.05) is 20.8 Å². The van der Waals surface area contributed by atoms with E-state index in [1.54, 1.807) is 6.92 Å². The molecule has 0 radical (unpaired) electrons. The SMILES string of the molecule is CCOC(=O)C1(F)CCCC(O[Si](C)(C)C(C)(C)C)C1. The van der Waals surface area contributed by atoms with Crippen molar-refractivity contribution in [1.29, 1.82) is 0 Å². The Morgan fingerprint density at radius 3 is 2.50 bits per heavy atom. The second-order valence-corrected chi connectivity index (χ2v) is 12.0. The minimum absolute atomic E-state index is 0.0906. The molecule has 20 heavy (non-hydrogen) atoms. The average molecular weight is 304 g/mol. The van der Waals surface area contributed by atoms with Gasteiger partial charge in [0.2, 0.25) is 5.67 Å². The zero-order chi connectivity index (χ0) is 15.6. The minimum Gasteiger partial charge on any atom is -0.464 e. The van der Waals surface area contributed by atoms with Crippen molar-refractivity contribution in [3.63, 3.8) is 0 Å². The number of esters is 1. The molecule has 0 aromatic rings. The summed E-state index contributed by atoms with van der Waals surface area (Å²) in [5.74, 6) is -0.719. The van der Waals surface area contributed by atoms with E-state index in [0.29, 0.717) is 6.42 Å². The Bertz CT molecular complexity index is 352. The van der Waals surface area contributed by atoms with E-state index in [0.717, 1.165) is 6.42 Å². The van der Waals surface area contributed by atoms with Crippen LogP contribution in [-0.2, 0) is 14.0 Å². The summed E-state index contributed by atoms with van der Waals surface area (Å²) >= 11 is 0. The molecule has 2 atom stereocenters. The molecule has 0 aromatic heterocycles. The molecule has 2 unspecified atom stereocenters. The van der Waals surface area contributed by atoms with Gasteiger partial charge >= 0.3 is 5.97 Å². The summed E-state index contributed by atoms with van der Waals surface area (Å²) in [5.41, 5.74) is -1.86. The highest BCUT2D eigenvalue weighted by atomic mass is 28.4. The van der Waals surface area contributed by atoms with Gasteiger partial charge in [-0.3, -0.25) is 0 Å². The quantitative estimate of drug-likeness (QED) is 0.576. The molecule has 1 aliphatic rings. The van der Waals surface area contributed by atoms with Gasteiger partial charge in [-0.2, -0.15) is 0 Å². The zero-order valence-corrected chi connectivity index (χ0v) is 14.7. The smallest absolute Gasteiger partial charge is 0.343 e. The number of rotatable bonds is 4. The maximum absolute atomic E-state index is 14.7. The molecule has 0 heterocycles. The van der Waals surface area contributed by atoms with Crippen LogP contribution < -0.4 is 0 Å². The zero-order valence-electron chi connectivity index (χ0n) is 13.7. The fourth-order valence-corrected chi connectivity index (χ4v) is 3.70. The normalized spacial score (nSPS) is 28.2. The highest BCUT2D eigenvalue weighted by molar-refractivity contribution is 6.74. The average Bonchev–Trinajstić information content (AvgIpc) is 2.27. The third kappa shape index (κ3) is 4.04. The van der Waals surface area contributed by atoms with Crippen molar-refractivity contribution >= 4 is 14.3 Å². The van der Waals surface area contributed by atoms with Gasteiger partial charge in [0, 0.05) is 12.5 Å². The lowest BCUT2D eigenvalue weighted by atomic mass is 9.84. The van der Waals surface area contributed by atoms with Crippen molar-refractivity contribution in [3.8, 4) is 0 Å². The highest BCUT2D eigenvalue weighted by Crippen LogP contribution is 2.41. The molecule has 3 nitrogen and oxygen atoms in total. The van der Waals surface area contributed by atoms with Crippen LogP contribution in [0.25, 0.3) is 0 Å². The Labute approximate surface area is 123 Å². The van der Waals surface area contributed by atoms with Crippen molar-refractivity contribution in [1.82, 2.24) is 0 Å². The number of alkyl halides is 1. The molecule has 0 N–H and O–H groups in total. The Balaban J connectivity index is 2.73. The van der Waals surface area contributed by atoms with Crippen LogP contribution >= 0.6 is 0 Å².